The molecule has 1 aromatic heterocycles. The Morgan fingerprint density at radius 3 is 2.26 bits per heavy atom. The van der Waals surface area contributed by atoms with Crippen molar-refractivity contribution in [1.82, 2.24) is 9.78 Å². The number of benzene rings is 2. The molecule has 2 aromatic carbocycles. The van der Waals surface area contributed by atoms with Gasteiger partial charge in [0.2, 0.25) is 0 Å². The van der Waals surface area contributed by atoms with E-state index < -0.39 is 10.0 Å². The molecule has 0 fully saturated rings. The van der Waals surface area contributed by atoms with Crippen molar-refractivity contribution in [3.63, 3.8) is 0 Å². The van der Waals surface area contributed by atoms with E-state index in [1.807, 2.05) is 6.92 Å². The Morgan fingerprint density at radius 2 is 1.70 bits per heavy atom. The van der Waals surface area contributed by atoms with Crippen molar-refractivity contribution in [2.24, 2.45) is 0 Å². The van der Waals surface area contributed by atoms with Crippen LogP contribution in [0, 0.1) is 6.92 Å². The number of rotatable bonds is 4. The predicted octanol–water partition coefficient (Wildman–Crippen LogP) is 3.63. The zero-order valence-corrected chi connectivity index (χ0v) is 13.8. The van der Waals surface area contributed by atoms with Crippen LogP contribution in [0.25, 0.3) is 5.69 Å². The molecule has 7 heteroatoms. The van der Waals surface area contributed by atoms with Crippen LogP contribution in [0.3, 0.4) is 0 Å². The van der Waals surface area contributed by atoms with Gasteiger partial charge in [-0.1, -0.05) is 29.3 Å². The van der Waals surface area contributed by atoms with Crippen molar-refractivity contribution in [1.29, 1.82) is 0 Å². The maximum atomic E-state index is 12.3. The molecule has 3 aromatic rings. The van der Waals surface area contributed by atoms with Crippen molar-refractivity contribution < 1.29 is 8.42 Å². The zero-order chi connectivity index (χ0) is 16.4. The van der Waals surface area contributed by atoms with E-state index >= 15 is 0 Å². The van der Waals surface area contributed by atoms with Gasteiger partial charge in [-0.25, -0.2) is 13.1 Å². The molecule has 0 bridgehead atoms. The second-order valence-corrected chi connectivity index (χ2v) is 7.19. The first-order valence-corrected chi connectivity index (χ1v) is 8.70. The van der Waals surface area contributed by atoms with E-state index in [-0.39, 0.29) is 4.90 Å². The maximum Gasteiger partial charge on any atom is 0.261 e. The fourth-order valence-electron chi connectivity index (χ4n) is 2.06. The molecular formula is C16H14ClN3O2S. The van der Waals surface area contributed by atoms with Crippen LogP contribution in [0.2, 0.25) is 5.02 Å². The highest BCUT2D eigenvalue weighted by molar-refractivity contribution is 7.92. The molecule has 0 atom stereocenters. The van der Waals surface area contributed by atoms with Crippen LogP contribution in [0.15, 0.2) is 65.8 Å². The summed E-state index contributed by atoms with van der Waals surface area (Å²) >= 11 is 5.83. The molecule has 0 saturated carbocycles. The van der Waals surface area contributed by atoms with E-state index in [4.69, 9.17) is 11.6 Å². The first kappa shape index (κ1) is 15.6. The molecular weight excluding hydrogens is 334 g/mol. The van der Waals surface area contributed by atoms with Crippen LogP contribution in [-0.4, -0.2) is 18.2 Å². The molecule has 0 amide bonds. The van der Waals surface area contributed by atoms with E-state index in [1.165, 1.54) is 6.20 Å². The number of hydrogen-bond donors (Lipinski definition) is 1. The number of aryl methyl sites for hydroxylation is 1. The highest BCUT2D eigenvalue weighted by Gasteiger charge is 2.13. The summed E-state index contributed by atoms with van der Waals surface area (Å²) in [5.41, 5.74) is 2.27. The minimum Gasteiger partial charge on any atom is -0.280 e. The third-order valence-corrected chi connectivity index (χ3v) is 4.86. The van der Waals surface area contributed by atoms with Crippen LogP contribution in [-0.2, 0) is 10.0 Å². The van der Waals surface area contributed by atoms with Gasteiger partial charge >= 0.3 is 0 Å². The van der Waals surface area contributed by atoms with Gasteiger partial charge in [-0.2, -0.15) is 5.10 Å². The summed E-state index contributed by atoms with van der Waals surface area (Å²) < 4.78 is 28.8. The van der Waals surface area contributed by atoms with E-state index in [9.17, 15) is 8.42 Å². The van der Waals surface area contributed by atoms with E-state index in [1.54, 1.807) is 59.4 Å². The highest BCUT2D eigenvalue weighted by atomic mass is 35.5. The van der Waals surface area contributed by atoms with Crippen molar-refractivity contribution in [2.45, 2.75) is 11.8 Å². The third-order valence-electron chi connectivity index (χ3n) is 3.27. The molecule has 0 saturated heterocycles. The minimum absolute atomic E-state index is 0.228. The smallest absolute Gasteiger partial charge is 0.261 e. The summed E-state index contributed by atoms with van der Waals surface area (Å²) in [6.07, 6.45) is 3.21. The number of aromatic nitrogens is 2. The zero-order valence-electron chi connectivity index (χ0n) is 12.3. The Kier molecular flexibility index (Phi) is 4.11. The van der Waals surface area contributed by atoms with Gasteiger partial charge in [0.25, 0.3) is 10.0 Å². The summed E-state index contributed by atoms with van der Waals surface area (Å²) in [6.45, 7) is 1.91. The fraction of sp³-hybridized carbons (Fsp3) is 0.0625. The molecule has 0 unspecified atom stereocenters. The minimum atomic E-state index is -3.60. The lowest BCUT2D eigenvalue weighted by atomic mass is 10.2. The Morgan fingerprint density at radius 1 is 1.04 bits per heavy atom. The number of nitrogens with zero attached hydrogens (tertiary/aromatic N) is 2. The fourth-order valence-corrected chi connectivity index (χ4v) is 3.25. The van der Waals surface area contributed by atoms with Gasteiger partial charge < -0.3 is 0 Å². The van der Waals surface area contributed by atoms with E-state index in [0.717, 1.165) is 11.3 Å². The molecule has 3 rings (SSSR count). The lowest BCUT2D eigenvalue weighted by Crippen LogP contribution is -2.12. The lowest BCUT2D eigenvalue weighted by molar-refractivity contribution is 0.601. The van der Waals surface area contributed by atoms with Crippen LogP contribution in [0.5, 0.6) is 0 Å². The van der Waals surface area contributed by atoms with Crippen molar-refractivity contribution in [2.75, 3.05) is 4.72 Å². The first-order chi connectivity index (χ1) is 10.9. The van der Waals surface area contributed by atoms with Gasteiger partial charge in [0.15, 0.2) is 0 Å². The molecule has 0 aliphatic heterocycles. The standard InChI is InChI=1S/C16H14ClN3O2S/c1-12-2-8-16(9-3-12)23(21,22)19-14-4-6-15(7-5-14)20-11-13(17)10-18-20/h2-11,19H,1H3. The molecule has 1 heterocycles. The molecule has 23 heavy (non-hydrogen) atoms. The third kappa shape index (κ3) is 3.55. The Balaban J connectivity index is 1.81. The van der Waals surface area contributed by atoms with Gasteiger partial charge in [-0.15, -0.1) is 0 Å². The van der Waals surface area contributed by atoms with Crippen LogP contribution in [0.1, 0.15) is 5.56 Å². The van der Waals surface area contributed by atoms with E-state index in [0.29, 0.717) is 10.7 Å². The van der Waals surface area contributed by atoms with Crippen LogP contribution in [0.4, 0.5) is 5.69 Å². The van der Waals surface area contributed by atoms with Gasteiger partial charge in [0.05, 0.1) is 21.8 Å². The molecule has 0 aliphatic carbocycles. The second kappa shape index (κ2) is 6.06. The van der Waals surface area contributed by atoms with Crippen LogP contribution < -0.4 is 4.72 Å². The maximum absolute atomic E-state index is 12.3. The monoisotopic (exact) mass is 347 g/mol. The number of nitrogens with one attached hydrogen (secondary N) is 1. The van der Waals surface area contributed by atoms with Crippen molar-refractivity contribution >= 4 is 27.3 Å². The Hall–Kier alpha value is -2.31. The SMILES string of the molecule is Cc1ccc(S(=O)(=O)Nc2ccc(-n3cc(Cl)cn3)cc2)cc1. The molecule has 5 nitrogen and oxygen atoms in total. The number of anilines is 1. The first-order valence-electron chi connectivity index (χ1n) is 6.84. The summed E-state index contributed by atoms with van der Waals surface area (Å²) in [4.78, 5) is 0.228. The summed E-state index contributed by atoms with van der Waals surface area (Å²) in [7, 11) is -3.60. The number of halogens is 1. The Bertz CT molecular complexity index is 917. The summed E-state index contributed by atoms with van der Waals surface area (Å²) in [5.74, 6) is 0. The average molecular weight is 348 g/mol. The topological polar surface area (TPSA) is 64.0 Å². The van der Waals surface area contributed by atoms with Gasteiger partial charge in [0, 0.05) is 11.9 Å². The molecule has 0 spiro atoms. The normalized spacial score (nSPS) is 11.4. The number of hydrogen-bond acceptors (Lipinski definition) is 3. The summed E-state index contributed by atoms with van der Waals surface area (Å²) in [6, 6.07) is 13.6. The predicted molar refractivity (Wildman–Crippen MR) is 90.6 cm³/mol. The van der Waals surface area contributed by atoms with Gasteiger partial charge in [-0.3, -0.25) is 4.72 Å². The van der Waals surface area contributed by atoms with Crippen LogP contribution >= 0.6 is 11.6 Å². The van der Waals surface area contributed by atoms with E-state index in [2.05, 4.69) is 9.82 Å². The molecule has 0 aliphatic rings. The van der Waals surface area contributed by atoms with Gasteiger partial charge in [0.1, 0.15) is 0 Å². The quantitative estimate of drug-likeness (QED) is 0.783. The second-order valence-electron chi connectivity index (χ2n) is 5.07. The Labute approximate surface area is 139 Å². The lowest BCUT2D eigenvalue weighted by Gasteiger charge is -2.09. The van der Waals surface area contributed by atoms with Gasteiger partial charge in [-0.05, 0) is 43.3 Å². The van der Waals surface area contributed by atoms with Crippen molar-refractivity contribution in [3.8, 4) is 5.69 Å². The molecule has 118 valence electrons. The highest BCUT2D eigenvalue weighted by Crippen LogP contribution is 2.19. The molecule has 0 radical (unpaired) electrons. The summed E-state index contributed by atoms with van der Waals surface area (Å²) in [5, 5.41) is 4.63. The molecule has 1 N–H and O–H groups in total. The average Bonchev–Trinajstić information content (AvgIpc) is 2.95. The van der Waals surface area contributed by atoms with Crippen molar-refractivity contribution in [3.05, 3.63) is 71.5 Å². The number of sulfonamides is 1. The largest absolute Gasteiger partial charge is 0.280 e.